The van der Waals surface area contributed by atoms with Gasteiger partial charge in [-0.15, -0.1) is 0 Å². The van der Waals surface area contributed by atoms with Crippen molar-refractivity contribution in [2.45, 2.75) is 26.2 Å². The second-order valence-electron chi connectivity index (χ2n) is 10.2. The largest absolute Gasteiger partial charge is 0.488 e. The molecule has 0 fully saturated rings. The Kier molecular flexibility index (Phi) is 10.2. The van der Waals surface area contributed by atoms with Gasteiger partial charge in [0.2, 0.25) is 0 Å². The number of hydrogen-bond acceptors (Lipinski definition) is 6. The fraction of sp³-hybridized carbons (Fsp3) is 0.108. The van der Waals surface area contributed by atoms with Gasteiger partial charge in [0.15, 0.2) is 0 Å². The summed E-state index contributed by atoms with van der Waals surface area (Å²) in [7, 11) is 0. The van der Waals surface area contributed by atoms with E-state index in [1.54, 1.807) is 24.3 Å². The smallest absolute Gasteiger partial charge is 0.342 e. The summed E-state index contributed by atoms with van der Waals surface area (Å²) in [6, 6.07) is 37.7. The molecule has 2 N–H and O–H groups in total. The maximum Gasteiger partial charge on any atom is 0.342 e. The molecule has 5 aromatic rings. The van der Waals surface area contributed by atoms with Gasteiger partial charge >= 0.3 is 11.9 Å². The van der Waals surface area contributed by atoms with Crippen LogP contribution >= 0.6 is 0 Å². The number of esters is 1. The number of hydrogen-bond donors (Lipinski definition) is 2. The van der Waals surface area contributed by atoms with Crippen LogP contribution in [0.15, 0.2) is 127 Å². The average molecular weight is 602 g/mol. The number of carbonyl (C=O) groups excluding carboxylic acids is 2. The van der Waals surface area contributed by atoms with E-state index in [9.17, 15) is 14.4 Å². The summed E-state index contributed by atoms with van der Waals surface area (Å²) in [5.41, 5.74) is 3.88. The molecule has 0 saturated heterocycles. The van der Waals surface area contributed by atoms with Gasteiger partial charge in [0.25, 0.3) is 5.91 Å². The van der Waals surface area contributed by atoms with E-state index in [1.807, 2.05) is 91.0 Å². The second kappa shape index (κ2) is 15.0. The highest BCUT2D eigenvalue weighted by Crippen LogP contribution is 2.32. The fourth-order valence-electron chi connectivity index (χ4n) is 4.49. The third-order valence-electron chi connectivity index (χ3n) is 6.80. The summed E-state index contributed by atoms with van der Waals surface area (Å²) >= 11 is 0. The van der Waals surface area contributed by atoms with Crippen molar-refractivity contribution >= 4 is 23.5 Å². The third kappa shape index (κ3) is 8.81. The Hall–Kier alpha value is -5.89. The van der Waals surface area contributed by atoms with Crippen LogP contribution in [0.3, 0.4) is 0 Å². The maximum absolute atomic E-state index is 13.7. The summed E-state index contributed by atoms with van der Waals surface area (Å²) in [6.07, 6.45) is -0.129. The summed E-state index contributed by atoms with van der Waals surface area (Å²) in [4.78, 5) is 38.2. The van der Waals surface area contributed by atoms with Crippen LogP contribution in [-0.4, -0.2) is 23.0 Å². The number of amides is 1. The van der Waals surface area contributed by atoms with Crippen LogP contribution in [0.1, 0.15) is 43.0 Å². The average Bonchev–Trinajstić information content (AvgIpc) is 3.07. The van der Waals surface area contributed by atoms with E-state index < -0.39 is 17.8 Å². The summed E-state index contributed by atoms with van der Waals surface area (Å²) in [5.74, 6) is -1.76. The van der Waals surface area contributed by atoms with E-state index in [0.717, 1.165) is 16.7 Å². The molecular formula is C37H31NO7. The highest BCUT2D eigenvalue weighted by molar-refractivity contribution is 6.07. The molecule has 0 heterocycles. The Balaban J connectivity index is 1.47. The molecule has 0 aromatic heterocycles. The highest BCUT2D eigenvalue weighted by Gasteiger charge is 2.23. The normalized spacial score (nSPS) is 10.5. The number of nitrogens with one attached hydrogen (secondary N) is 1. The lowest BCUT2D eigenvalue weighted by Crippen LogP contribution is -2.16. The molecule has 226 valence electrons. The van der Waals surface area contributed by atoms with E-state index in [4.69, 9.17) is 19.3 Å². The second-order valence-corrected chi connectivity index (χ2v) is 10.2. The van der Waals surface area contributed by atoms with Crippen molar-refractivity contribution in [3.63, 3.8) is 0 Å². The molecule has 0 bridgehead atoms. The van der Waals surface area contributed by atoms with Gasteiger partial charge < -0.3 is 24.6 Å². The standard InChI is InChI=1S/C37H31NO7/c39-35(40)20-26-16-18-30(19-17-26)38-36(41)31-21-34(44-24-28-12-6-2-7-13-28)32(37(42)45-25-29-14-8-3-9-15-29)22-33(31)43-23-27-10-4-1-5-11-27/h1-19,21-22H,20,23-25H2,(H,38,41)(H,39,40). The molecule has 5 rings (SSSR count). The van der Waals surface area contributed by atoms with E-state index in [-0.39, 0.29) is 48.9 Å². The van der Waals surface area contributed by atoms with E-state index in [0.29, 0.717) is 11.3 Å². The van der Waals surface area contributed by atoms with Crippen molar-refractivity contribution in [2.75, 3.05) is 5.32 Å². The molecule has 8 nitrogen and oxygen atoms in total. The summed E-state index contributed by atoms with van der Waals surface area (Å²) in [6.45, 7) is 0.349. The van der Waals surface area contributed by atoms with Gasteiger partial charge in [-0.25, -0.2) is 4.79 Å². The van der Waals surface area contributed by atoms with Gasteiger partial charge in [0, 0.05) is 5.69 Å². The van der Waals surface area contributed by atoms with Crippen LogP contribution in [0.2, 0.25) is 0 Å². The van der Waals surface area contributed by atoms with Gasteiger partial charge in [0.1, 0.15) is 36.9 Å². The van der Waals surface area contributed by atoms with Crippen LogP contribution < -0.4 is 14.8 Å². The van der Waals surface area contributed by atoms with Crippen LogP contribution in [-0.2, 0) is 35.8 Å². The number of rotatable bonds is 13. The molecule has 5 aromatic carbocycles. The molecule has 0 aliphatic carbocycles. The van der Waals surface area contributed by atoms with Gasteiger partial charge in [-0.1, -0.05) is 103 Å². The number of aliphatic carboxylic acids is 1. The number of carboxylic acid groups (broad SMARTS) is 1. The van der Waals surface area contributed by atoms with Crippen molar-refractivity contribution in [1.82, 2.24) is 0 Å². The van der Waals surface area contributed by atoms with Gasteiger partial charge in [-0.3, -0.25) is 9.59 Å². The first-order chi connectivity index (χ1) is 21.9. The van der Waals surface area contributed by atoms with Crippen molar-refractivity contribution < 1.29 is 33.7 Å². The van der Waals surface area contributed by atoms with Crippen LogP contribution in [0.4, 0.5) is 5.69 Å². The molecule has 8 heteroatoms. The monoisotopic (exact) mass is 601 g/mol. The van der Waals surface area contributed by atoms with Crippen molar-refractivity contribution in [3.8, 4) is 11.5 Å². The topological polar surface area (TPSA) is 111 Å². The fourth-order valence-corrected chi connectivity index (χ4v) is 4.49. The zero-order valence-electron chi connectivity index (χ0n) is 24.3. The quantitative estimate of drug-likeness (QED) is 0.139. The molecule has 0 saturated carbocycles. The van der Waals surface area contributed by atoms with E-state index in [2.05, 4.69) is 5.32 Å². The predicted octanol–water partition coefficient (Wildman–Crippen LogP) is 7.08. The van der Waals surface area contributed by atoms with Crippen LogP contribution in [0.25, 0.3) is 0 Å². The van der Waals surface area contributed by atoms with E-state index in [1.165, 1.54) is 12.1 Å². The summed E-state index contributed by atoms with van der Waals surface area (Å²) < 4.78 is 17.9. The molecule has 0 aliphatic rings. The first-order valence-corrected chi connectivity index (χ1v) is 14.3. The third-order valence-corrected chi connectivity index (χ3v) is 6.80. The number of carbonyl (C=O) groups is 3. The zero-order chi connectivity index (χ0) is 31.4. The van der Waals surface area contributed by atoms with Gasteiger partial charge in [-0.2, -0.15) is 0 Å². The molecule has 0 aliphatic heterocycles. The maximum atomic E-state index is 13.7. The minimum Gasteiger partial charge on any atom is -0.488 e. The molecule has 45 heavy (non-hydrogen) atoms. The highest BCUT2D eigenvalue weighted by atomic mass is 16.5. The molecule has 0 radical (unpaired) electrons. The minimum atomic E-state index is -0.947. The summed E-state index contributed by atoms with van der Waals surface area (Å²) in [5, 5.41) is 11.9. The Morgan fingerprint density at radius 1 is 0.556 bits per heavy atom. The molecule has 0 atom stereocenters. The number of anilines is 1. The lowest BCUT2D eigenvalue weighted by Gasteiger charge is -2.18. The number of ether oxygens (including phenoxy) is 3. The lowest BCUT2D eigenvalue weighted by atomic mass is 10.1. The SMILES string of the molecule is O=C(O)Cc1ccc(NC(=O)c2cc(OCc3ccccc3)c(C(=O)OCc3ccccc3)cc2OCc2ccccc2)cc1. The number of benzene rings is 5. The Morgan fingerprint density at radius 3 is 1.53 bits per heavy atom. The first kappa shape index (κ1) is 30.6. The molecule has 0 spiro atoms. The Morgan fingerprint density at radius 2 is 1.02 bits per heavy atom. The number of carboxylic acids is 1. The van der Waals surface area contributed by atoms with Crippen molar-refractivity contribution in [2.24, 2.45) is 0 Å². The first-order valence-electron chi connectivity index (χ1n) is 14.3. The Labute approximate surface area is 260 Å². The van der Waals surface area contributed by atoms with Crippen molar-refractivity contribution in [1.29, 1.82) is 0 Å². The lowest BCUT2D eigenvalue weighted by molar-refractivity contribution is -0.136. The van der Waals surface area contributed by atoms with E-state index >= 15 is 0 Å². The molecule has 0 unspecified atom stereocenters. The molecule has 1 amide bonds. The van der Waals surface area contributed by atoms with Crippen molar-refractivity contribution in [3.05, 3.63) is 161 Å². The van der Waals surface area contributed by atoms with Gasteiger partial charge in [-0.05, 0) is 46.5 Å². The molecular weight excluding hydrogens is 570 g/mol. The van der Waals surface area contributed by atoms with Gasteiger partial charge in [0.05, 0.1) is 12.0 Å². The van der Waals surface area contributed by atoms with Crippen LogP contribution in [0, 0.1) is 0 Å². The van der Waals surface area contributed by atoms with Crippen LogP contribution in [0.5, 0.6) is 11.5 Å². The predicted molar refractivity (Wildman–Crippen MR) is 169 cm³/mol. The minimum absolute atomic E-state index is 0.0537. The zero-order valence-corrected chi connectivity index (χ0v) is 24.3. The Bertz CT molecular complexity index is 1740.